The number of epoxide rings is 1. The molecule has 1 aliphatic heterocycles. The molecule has 11 nitrogen and oxygen atoms in total. The number of aliphatic hydroxyl groups excluding tert-OH is 1. The van der Waals surface area contributed by atoms with Crippen molar-refractivity contribution < 1.29 is 52.6 Å². The second-order valence-electron chi connectivity index (χ2n) is 10.7. The molecule has 2 aliphatic rings. The number of hydrogen-bond donors (Lipinski definition) is 1. The van der Waals surface area contributed by atoms with Crippen molar-refractivity contribution in [1.82, 2.24) is 0 Å². The first kappa shape index (κ1) is 29.4. The number of methoxy groups -OCH3 is 3. The van der Waals surface area contributed by atoms with Gasteiger partial charge >= 0.3 is 12.1 Å². The van der Waals surface area contributed by atoms with Crippen LogP contribution in [-0.4, -0.2) is 81.5 Å². The Morgan fingerprint density at radius 2 is 1.80 bits per heavy atom. The monoisotopic (exact) mass is 560 g/mol. The van der Waals surface area contributed by atoms with Gasteiger partial charge in [-0.1, -0.05) is 12.1 Å². The first-order valence-corrected chi connectivity index (χ1v) is 12.8. The van der Waals surface area contributed by atoms with Gasteiger partial charge in [-0.05, 0) is 39.8 Å². The highest BCUT2D eigenvalue weighted by Crippen LogP contribution is 2.56. The molecule has 2 aromatic carbocycles. The van der Waals surface area contributed by atoms with Crippen LogP contribution in [0, 0.1) is 0 Å². The third-order valence-electron chi connectivity index (χ3n) is 6.78. The minimum Gasteiger partial charge on any atom is -0.496 e. The van der Waals surface area contributed by atoms with E-state index in [1.54, 1.807) is 45.9 Å². The molecule has 1 N–H and O–H groups in total. The zero-order valence-electron chi connectivity index (χ0n) is 24.0. The number of aliphatic hydroxyl groups is 1. The number of hydrogen-bond acceptors (Lipinski definition) is 11. The molecule has 0 unspecified atom stereocenters. The largest absolute Gasteiger partial charge is 0.509 e. The molecular formula is C29H36O11. The average Bonchev–Trinajstić information content (AvgIpc) is 3.59. The van der Waals surface area contributed by atoms with Gasteiger partial charge in [0.2, 0.25) is 0 Å². The summed E-state index contributed by atoms with van der Waals surface area (Å²) in [6.07, 6.45) is -3.59. The molecule has 0 spiro atoms. The van der Waals surface area contributed by atoms with Crippen LogP contribution in [0.5, 0.6) is 17.2 Å². The number of fused-ring (bicyclic) bond motifs is 2. The lowest BCUT2D eigenvalue weighted by Gasteiger charge is -2.34. The fourth-order valence-corrected chi connectivity index (χ4v) is 5.19. The number of benzene rings is 2. The summed E-state index contributed by atoms with van der Waals surface area (Å²) in [5.41, 5.74) is -0.740. The lowest BCUT2D eigenvalue weighted by Crippen LogP contribution is -2.46. The Morgan fingerprint density at radius 3 is 2.38 bits per heavy atom. The first-order chi connectivity index (χ1) is 18.9. The first-order valence-electron chi connectivity index (χ1n) is 12.8. The Hall–Kier alpha value is -3.54. The molecule has 1 heterocycles. The van der Waals surface area contributed by atoms with Crippen molar-refractivity contribution in [3.63, 3.8) is 0 Å². The Labute approximate surface area is 232 Å². The van der Waals surface area contributed by atoms with Gasteiger partial charge in [0.15, 0.2) is 19.0 Å². The van der Waals surface area contributed by atoms with Crippen molar-refractivity contribution in [3.05, 3.63) is 35.4 Å². The zero-order valence-corrected chi connectivity index (χ0v) is 24.0. The van der Waals surface area contributed by atoms with Gasteiger partial charge in [0.25, 0.3) is 0 Å². The minimum absolute atomic E-state index is 0.0135. The highest BCUT2D eigenvalue weighted by Gasteiger charge is 2.69. The number of ether oxygens (including phenoxy) is 8. The van der Waals surface area contributed by atoms with E-state index >= 15 is 0 Å². The Kier molecular flexibility index (Phi) is 8.21. The van der Waals surface area contributed by atoms with Gasteiger partial charge in [-0.25, -0.2) is 4.79 Å². The molecular weight excluding hydrogens is 524 g/mol. The summed E-state index contributed by atoms with van der Waals surface area (Å²) in [7, 11) is 4.53. The van der Waals surface area contributed by atoms with Gasteiger partial charge in [-0.3, -0.25) is 4.79 Å². The Balaban J connectivity index is 1.99. The summed E-state index contributed by atoms with van der Waals surface area (Å²) in [6, 6.07) is 7.09. The zero-order chi connectivity index (χ0) is 29.4. The number of carbonyl (C=O) groups excluding carboxylic acids is 2. The maximum atomic E-state index is 12.9. The molecule has 0 bridgehead atoms. The molecule has 1 aliphatic carbocycles. The van der Waals surface area contributed by atoms with Crippen molar-refractivity contribution in [3.8, 4) is 17.2 Å². The van der Waals surface area contributed by atoms with E-state index < -0.39 is 48.2 Å². The standard InChI is InChI=1S/C29H36O11/c1-15(31)37-25-18(13-30)21(24(26-29(25,5)39-26)38-27(32)40-28(2,3)4)17-12-20(34-7)22-16(23(17)35-8)10-9-11-19(22)36-14-33-6/h9-12,24-26,30H,13-14H2,1-8H3/t24-,25+,26-,29+/m0/s1. The molecule has 40 heavy (non-hydrogen) atoms. The summed E-state index contributed by atoms with van der Waals surface area (Å²) >= 11 is 0. The van der Waals surface area contributed by atoms with Crippen LogP contribution in [0.1, 0.15) is 40.2 Å². The van der Waals surface area contributed by atoms with Gasteiger partial charge in [-0.15, -0.1) is 0 Å². The molecule has 0 amide bonds. The fraction of sp³-hybridized carbons (Fsp3) is 0.517. The quantitative estimate of drug-likeness (QED) is 0.271. The van der Waals surface area contributed by atoms with Crippen LogP contribution >= 0.6 is 0 Å². The predicted octanol–water partition coefficient (Wildman–Crippen LogP) is 4.01. The second-order valence-corrected chi connectivity index (χ2v) is 10.7. The van der Waals surface area contributed by atoms with Crippen LogP contribution in [0.2, 0.25) is 0 Å². The van der Waals surface area contributed by atoms with E-state index in [-0.39, 0.29) is 6.79 Å². The van der Waals surface area contributed by atoms with Crippen molar-refractivity contribution in [2.75, 3.05) is 34.7 Å². The third-order valence-corrected chi connectivity index (χ3v) is 6.78. The molecule has 4 atom stereocenters. The predicted molar refractivity (Wildman–Crippen MR) is 144 cm³/mol. The molecule has 11 heteroatoms. The van der Waals surface area contributed by atoms with Crippen LogP contribution in [0.25, 0.3) is 16.3 Å². The average molecular weight is 561 g/mol. The molecule has 1 saturated heterocycles. The Bertz CT molecular complexity index is 1330. The van der Waals surface area contributed by atoms with Crippen LogP contribution in [0.15, 0.2) is 29.8 Å². The van der Waals surface area contributed by atoms with E-state index in [0.717, 1.165) is 0 Å². The van der Waals surface area contributed by atoms with Crippen LogP contribution in [-0.2, 0) is 28.5 Å². The molecule has 218 valence electrons. The molecule has 0 radical (unpaired) electrons. The van der Waals surface area contributed by atoms with Crippen molar-refractivity contribution in [2.24, 2.45) is 0 Å². The highest BCUT2D eigenvalue weighted by molar-refractivity contribution is 6.02. The number of rotatable bonds is 9. The maximum absolute atomic E-state index is 12.9. The smallest absolute Gasteiger partial charge is 0.496 e. The summed E-state index contributed by atoms with van der Waals surface area (Å²) in [5, 5.41) is 11.9. The van der Waals surface area contributed by atoms with E-state index in [1.165, 1.54) is 28.3 Å². The second kappa shape index (κ2) is 11.1. The lowest BCUT2D eigenvalue weighted by molar-refractivity contribution is -0.147. The summed E-state index contributed by atoms with van der Waals surface area (Å²) in [6.45, 7) is 7.67. The van der Waals surface area contributed by atoms with Gasteiger partial charge in [0, 0.05) is 36.1 Å². The molecule has 1 fully saturated rings. The van der Waals surface area contributed by atoms with E-state index in [1.807, 2.05) is 6.07 Å². The summed E-state index contributed by atoms with van der Waals surface area (Å²) in [5.74, 6) is 0.759. The molecule has 2 aromatic rings. The maximum Gasteiger partial charge on any atom is 0.509 e. The van der Waals surface area contributed by atoms with Gasteiger partial charge in [0.1, 0.15) is 34.6 Å². The molecule has 0 aromatic heterocycles. The lowest BCUT2D eigenvalue weighted by atomic mass is 9.77. The van der Waals surface area contributed by atoms with Crippen LogP contribution < -0.4 is 14.2 Å². The van der Waals surface area contributed by atoms with Gasteiger partial charge in [0.05, 0.1) is 26.2 Å². The molecule has 4 rings (SSSR count). The fourth-order valence-electron chi connectivity index (χ4n) is 5.19. The molecule has 0 saturated carbocycles. The summed E-state index contributed by atoms with van der Waals surface area (Å²) in [4.78, 5) is 25.0. The van der Waals surface area contributed by atoms with E-state index in [0.29, 0.717) is 44.7 Å². The topological polar surface area (TPSA) is 132 Å². The SMILES string of the molecule is COCOc1cccc2c(OC)c(C3=C(CO)[C@@H](OC(C)=O)[C@@]4(C)O[C@H]4[C@H]3OC(=O)OC(C)(C)C)cc(OC)c12. The van der Waals surface area contributed by atoms with Crippen molar-refractivity contribution >= 4 is 28.5 Å². The third kappa shape index (κ3) is 5.41. The van der Waals surface area contributed by atoms with E-state index in [2.05, 4.69) is 0 Å². The summed E-state index contributed by atoms with van der Waals surface area (Å²) < 4.78 is 45.5. The number of esters is 1. The van der Waals surface area contributed by atoms with Crippen LogP contribution in [0.3, 0.4) is 0 Å². The number of carbonyl (C=O) groups is 2. The van der Waals surface area contributed by atoms with E-state index in [4.69, 9.17) is 37.9 Å². The van der Waals surface area contributed by atoms with Gasteiger partial charge in [-0.2, -0.15) is 0 Å². The minimum atomic E-state index is -1.03. The van der Waals surface area contributed by atoms with E-state index in [9.17, 15) is 14.7 Å². The Morgan fingerprint density at radius 1 is 1.07 bits per heavy atom. The highest BCUT2D eigenvalue weighted by atomic mass is 16.8. The normalized spacial score (nSPS) is 23.8. The van der Waals surface area contributed by atoms with Gasteiger partial charge < -0.3 is 43.0 Å². The van der Waals surface area contributed by atoms with Crippen LogP contribution in [0.4, 0.5) is 4.79 Å². The van der Waals surface area contributed by atoms with Crippen molar-refractivity contribution in [1.29, 1.82) is 0 Å². The van der Waals surface area contributed by atoms with Crippen molar-refractivity contribution in [2.45, 2.75) is 64.1 Å².